The van der Waals surface area contributed by atoms with Gasteiger partial charge < -0.3 is 14.9 Å². The van der Waals surface area contributed by atoms with Crippen molar-refractivity contribution >= 4 is 25.1 Å². The molecule has 0 saturated carbocycles. The van der Waals surface area contributed by atoms with Crippen LogP contribution in [0.1, 0.15) is 36.9 Å². The second kappa shape index (κ2) is 9.04. The van der Waals surface area contributed by atoms with Crippen molar-refractivity contribution in [3.63, 3.8) is 0 Å². The number of hydrogen-bond donors (Lipinski definition) is 3. The molecule has 7 heteroatoms. The van der Waals surface area contributed by atoms with Crippen LogP contribution < -0.4 is 10.6 Å². The molecule has 2 heterocycles. The molecule has 1 aliphatic rings. The van der Waals surface area contributed by atoms with Crippen molar-refractivity contribution in [1.29, 1.82) is 0 Å². The van der Waals surface area contributed by atoms with Gasteiger partial charge in [-0.2, -0.15) is 13.5 Å². The number of aryl methyl sites for hydroxylation is 2. The van der Waals surface area contributed by atoms with E-state index in [0.29, 0.717) is 0 Å². The first-order valence-corrected chi connectivity index (χ1v) is 9.30. The molecule has 0 saturated heterocycles. The summed E-state index contributed by atoms with van der Waals surface area (Å²) in [6, 6.07) is 15.2. The first-order chi connectivity index (χ1) is 13.5. The highest BCUT2D eigenvalue weighted by Crippen LogP contribution is 2.43. The summed E-state index contributed by atoms with van der Waals surface area (Å²) in [5, 5.41) is 20.1. The van der Waals surface area contributed by atoms with E-state index in [9.17, 15) is 9.90 Å². The van der Waals surface area contributed by atoms with Gasteiger partial charge in [0.05, 0.1) is 12.3 Å². The van der Waals surface area contributed by atoms with Crippen LogP contribution in [0.25, 0.3) is 11.1 Å². The van der Waals surface area contributed by atoms with Crippen molar-refractivity contribution in [3.05, 3.63) is 71.1 Å². The maximum absolute atomic E-state index is 13.3. The SMILES string of the molecule is C.Cc1noc(C)c1-c1ccc2c(c1)C(N[C@@H](C)CO)(c1ccccc1)C(=O)N2.S. The van der Waals surface area contributed by atoms with Crippen molar-refractivity contribution in [1.82, 2.24) is 10.5 Å². The van der Waals surface area contributed by atoms with Crippen molar-refractivity contribution in [2.75, 3.05) is 11.9 Å². The summed E-state index contributed by atoms with van der Waals surface area (Å²) in [4.78, 5) is 13.3. The standard InChI is InChI=1S/C22H23N3O3.CH4.H2S/c1-13(12-26)24-22(17-7-5-4-6-8-17)18-11-16(9-10-19(18)23-21(22)27)20-14(2)25-28-15(20)3;;/h4-11,13,24,26H,12H2,1-3H3,(H,23,27);1H4;1H2/t13-,22?;;/m0../s1. The van der Waals surface area contributed by atoms with Gasteiger partial charge in [0.25, 0.3) is 5.91 Å². The summed E-state index contributed by atoms with van der Waals surface area (Å²) in [5.74, 6) is 0.571. The van der Waals surface area contributed by atoms with Crippen LogP contribution >= 0.6 is 13.5 Å². The Morgan fingerprint density at radius 3 is 2.50 bits per heavy atom. The molecule has 0 fully saturated rings. The minimum absolute atomic E-state index is 0. The molecule has 6 nitrogen and oxygen atoms in total. The van der Waals surface area contributed by atoms with Crippen LogP contribution in [-0.2, 0) is 10.3 Å². The molecule has 30 heavy (non-hydrogen) atoms. The Bertz CT molecular complexity index is 1020. The molecular weight excluding hydrogens is 398 g/mol. The Kier molecular flexibility index (Phi) is 7.13. The van der Waals surface area contributed by atoms with E-state index in [1.165, 1.54) is 0 Å². The molecule has 0 spiro atoms. The maximum atomic E-state index is 13.3. The predicted octanol–water partition coefficient (Wildman–Crippen LogP) is 3.87. The molecule has 0 radical (unpaired) electrons. The Hall–Kier alpha value is -2.61. The highest BCUT2D eigenvalue weighted by molar-refractivity contribution is 7.59. The summed E-state index contributed by atoms with van der Waals surface area (Å²) in [6.07, 6.45) is 0. The molecule has 2 aromatic carbocycles. The van der Waals surface area contributed by atoms with Gasteiger partial charge in [-0.1, -0.05) is 49.0 Å². The Balaban J connectivity index is 0.00000160. The number of carbonyl (C=O) groups is 1. The average molecular weight is 428 g/mol. The lowest BCUT2D eigenvalue weighted by Gasteiger charge is -2.32. The number of carbonyl (C=O) groups excluding carboxylic acids is 1. The van der Waals surface area contributed by atoms with E-state index in [0.717, 1.165) is 39.4 Å². The summed E-state index contributed by atoms with van der Waals surface area (Å²) in [7, 11) is 0. The fourth-order valence-electron chi connectivity index (χ4n) is 3.97. The number of hydrogen-bond acceptors (Lipinski definition) is 5. The Morgan fingerprint density at radius 2 is 1.90 bits per heavy atom. The third-order valence-corrected chi connectivity index (χ3v) is 5.28. The zero-order valence-electron chi connectivity index (χ0n) is 16.6. The fraction of sp³-hybridized carbons (Fsp3) is 0.304. The Morgan fingerprint density at radius 1 is 1.20 bits per heavy atom. The van der Waals surface area contributed by atoms with E-state index >= 15 is 0 Å². The van der Waals surface area contributed by atoms with Crippen molar-refractivity contribution < 1.29 is 14.4 Å². The largest absolute Gasteiger partial charge is 0.395 e. The van der Waals surface area contributed by atoms with Crippen LogP contribution in [0.3, 0.4) is 0 Å². The zero-order chi connectivity index (χ0) is 19.9. The average Bonchev–Trinajstić information content (AvgIpc) is 3.18. The van der Waals surface area contributed by atoms with Gasteiger partial charge in [-0.3, -0.25) is 10.1 Å². The van der Waals surface area contributed by atoms with Gasteiger partial charge >= 0.3 is 0 Å². The number of aromatic nitrogens is 1. The first kappa shape index (κ1) is 23.7. The number of nitrogens with one attached hydrogen (secondary N) is 2. The highest BCUT2D eigenvalue weighted by atomic mass is 32.1. The molecule has 4 rings (SSSR count). The summed E-state index contributed by atoms with van der Waals surface area (Å²) in [6.45, 7) is 5.55. The molecule has 0 bridgehead atoms. The van der Waals surface area contributed by atoms with Gasteiger partial charge in [0.2, 0.25) is 0 Å². The number of fused-ring (bicyclic) bond motifs is 1. The maximum Gasteiger partial charge on any atom is 0.254 e. The molecule has 160 valence electrons. The smallest absolute Gasteiger partial charge is 0.254 e. The van der Waals surface area contributed by atoms with Gasteiger partial charge in [-0.15, -0.1) is 0 Å². The second-order valence-corrected chi connectivity index (χ2v) is 7.26. The van der Waals surface area contributed by atoms with Crippen LogP contribution in [0.4, 0.5) is 5.69 Å². The van der Waals surface area contributed by atoms with E-state index in [-0.39, 0.29) is 39.5 Å². The lowest BCUT2D eigenvalue weighted by atomic mass is 9.82. The number of aliphatic hydroxyl groups is 1. The third-order valence-electron chi connectivity index (χ3n) is 5.28. The van der Waals surface area contributed by atoms with E-state index in [1.54, 1.807) is 0 Å². The minimum Gasteiger partial charge on any atom is -0.395 e. The predicted molar refractivity (Wildman–Crippen MR) is 124 cm³/mol. The van der Waals surface area contributed by atoms with E-state index in [1.807, 2.05) is 69.3 Å². The summed E-state index contributed by atoms with van der Waals surface area (Å²) < 4.78 is 5.33. The molecule has 3 aromatic rings. The van der Waals surface area contributed by atoms with E-state index in [4.69, 9.17) is 4.52 Å². The van der Waals surface area contributed by atoms with Crippen LogP contribution in [0.15, 0.2) is 53.1 Å². The number of anilines is 1. The molecule has 1 aromatic heterocycles. The second-order valence-electron chi connectivity index (χ2n) is 7.26. The summed E-state index contributed by atoms with van der Waals surface area (Å²) >= 11 is 0. The van der Waals surface area contributed by atoms with Crippen molar-refractivity contribution in [2.45, 2.75) is 39.8 Å². The highest BCUT2D eigenvalue weighted by Gasteiger charge is 2.49. The first-order valence-electron chi connectivity index (χ1n) is 9.30. The zero-order valence-corrected chi connectivity index (χ0v) is 17.6. The van der Waals surface area contributed by atoms with Crippen LogP contribution in [0, 0.1) is 13.8 Å². The van der Waals surface area contributed by atoms with Gasteiger partial charge in [0.1, 0.15) is 5.76 Å². The van der Waals surface area contributed by atoms with Gasteiger partial charge in [-0.25, -0.2) is 0 Å². The fourth-order valence-corrected chi connectivity index (χ4v) is 3.97. The topological polar surface area (TPSA) is 87.4 Å². The number of rotatable bonds is 5. The molecule has 3 N–H and O–H groups in total. The van der Waals surface area contributed by atoms with Gasteiger partial charge in [-0.05, 0) is 44.0 Å². The molecule has 1 unspecified atom stereocenters. The van der Waals surface area contributed by atoms with Crippen molar-refractivity contribution in [2.24, 2.45) is 0 Å². The van der Waals surface area contributed by atoms with E-state index < -0.39 is 5.54 Å². The number of nitrogens with zero attached hydrogens (tertiary/aromatic N) is 1. The lowest BCUT2D eigenvalue weighted by Crippen LogP contribution is -2.53. The van der Waals surface area contributed by atoms with E-state index in [2.05, 4.69) is 15.8 Å². The minimum atomic E-state index is -1.09. The van der Waals surface area contributed by atoms with Gasteiger partial charge in [0.15, 0.2) is 5.54 Å². The molecule has 2 atom stereocenters. The van der Waals surface area contributed by atoms with Crippen molar-refractivity contribution in [3.8, 4) is 11.1 Å². The number of benzene rings is 2. The van der Waals surface area contributed by atoms with Crippen LogP contribution in [0.5, 0.6) is 0 Å². The molecular formula is C23H29N3O3S. The normalized spacial score (nSPS) is 18.1. The third kappa shape index (κ3) is 3.64. The summed E-state index contributed by atoms with van der Waals surface area (Å²) in [5.41, 5.74) is 3.97. The molecule has 1 amide bonds. The number of amides is 1. The molecule has 0 aliphatic carbocycles. The number of aliphatic hydroxyl groups excluding tert-OH is 1. The molecule has 1 aliphatic heterocycles. The van der Waals surface area contributed by atoms with Gasteiger partial charge in [0, 0.05) is 22.9 Å². The van der Waals surface area contributed by atoms with Crippen LogP contribution in [-0.4, -0.2) is 28.8 Å². The Labute approximate surface area is 184 Å². The van der Waals surface area contributed by atoms with Crippen LogP contribution in [0.2, 0.25) is 0 Å². The lowest BCUT2D eigenvalue weighted by molar-refractivity contribution is -0.120. The quantitative estimate of drug-likeness (QED) is 0.575. The monoisotopic (exact) mass is 427 g/mol.